The molecule has 0 spiro atoms. The molecule has 0 radical (unpaired) electrons. The number of carbonyl (C=O) groups excluding carboxylic acids is 1. The molecular weight excluding hydrogens is 190 g/mol. The molecule has 1 amide bonds. The van der Waals surface area contributed by atoms with Crippen molar-refractivity contribution in [2.45, 2.75) is 33.6 Å². The fraction of sp³-hybridized carbons (Fsp3) is 0.917. The van der Waals surface area contributed by atoms with Crippen molar-refractivity contribution in [2.24, 2.45) is 11.8 Å². The second-order valence-corrected chi connectivity index (χ2v) is 4.42. The van der Waals surface area contributed by atoms with E-state index in [1.165, 1.54) is 0 Å². The van der Waals surface area contributed by atoms with Gasteiger partial charge < -0.3 is 9.64 Å². The van der Waals surface area contributed by atoms with Crippen LogP contribution in [0.4, 0.5) is 0 Å². The molecule has 0 aliphatic carbocycles. The summed E-state index contributed by atoms with van der Waals surface area (Å²) in [4.78, 5) is 14.0. The van der Waals surface area contributed by atoms with Crippen LogP contribution in [0, 0.1) is 11.8 Å². The average Bonchev–Trinajstić information content (AvgIpc) is 2.76. The first kappa shape index (κ1) is 12.5. The Morgan fingerprint density at radius 3 is 2.73 bits per heavy atom. The summed E-state index contributed by atoms with van der Waals surface area (Å²) in [5.74, 6) is 1.01. The van der Waals surface area contributed by atoms with E-state index in [2.05, 4.69) is 13.8 Å². The summed E-state index contributed by atoms with van der Waals surface area (Å²) in [6, 6.07) is 0. The minimum atomic E-state index is 0.160. The summed E-state index contributed by atoms with van der Waals surface area (Å²) in [5, 5.41) is 0. The number of hydrogen-bond acceptors (Lipinski definition) is 2. The topological polar surface area (TPSA) is 29.5 Å². The zero-order chi connectivity index (χ0) is 11.3. The van der Waals surface area contributed by atoms with Gasteiger partial charge in [0, 0.05) is 31.5 Å². The van der Waals surface area contributed by atoms with Gasteiger partial charge in [-0.3, -0.25) is 4.79 Å². The van der Waals surface area contributed by atoms with Gasteiger partial charge in [-0.1, -0.05) is 13.8 Å². The second-order valence-electron chi connectivity index (χ2n) is 4.42. The second kappa shape index (κ2) is 6.11. The van der Waals surface area contributed by atoms with Crippen molar-refractivity contribution < 1.29 is 9.53 Å². The number of ether oxygens (including phenoxy) is 1. The molecule has 3 heteroatoms. The number of hydrogen-bond donors (Lipinski definition) is 0. The van der Waals surface area contributed by atoms with Crippen LogP contribution in [0.1, 0.15) is 33.6 Å². The molecule has 2 unspecified atom stereocenters. The maximum atomic E-state index is 12.0. The van der Waals surface area contributed by atoms with E-state index >= 15 is 0 Å². The van der Waals surface area contributed by atoms with E-state index in [0.29, 0.717) is 11.8 Å². The molecule has 0 bridgehead atoms. The lowest BCUT2D eigenvalue weighted by atomic mass is 10.0. The average molecular weight is 213 g/mol. The first-order chi connectivity index (χ1) is 7.19. The van der Waals surface area contributed by atoms with Crippen LogP contribution in [0.5, 0.6) is 0 Å². The molecule has 15 heavy (non-hydrogen) atoms. The van der Waals surface area contributed by atoms with E-state index in [9.17, 15) is 4.79 Å². The maximum Gasteiger partial charge on any atom is 0.225 e. The molecule has 0 aromatic heterocycles. The van der Waals surface area contributed by atoms with E-state index in [4.69, 9.17) is 4.74 Å². The summed E-state index contributed by atoms with van der Waals surface area (Å²) < 4.78 is 5.33. The molecule has 0 aromatic rings. The normalized spacial score (nSPS) is 22.7. The summed E-state index contributed by atoms with van der Waals surface area (Å²) >= 11 is 0. The van der Waals surface area contributed by atoms with Gasteiger partial charge in [-0.15, -0.1) is 0 Å². The van der Waals surface area contributed by atoms with E-state index < -0.39 is 0 Å². The van der Waals surface area contributed by atoms with Crippen molar-refractivity contribution in [3.8, 4) is 0 Å². The number of rotatable bonds is 5. The van der Waals surface area contributed by atoms with Gasteiger partial charge in [0.25, 0.3) is 0 Å². The van der Waals surface area contributed by atoms with Crippen LogP contribution < -0.4 is 0 Å². The Hall–Kier alpha value is -0.570. The van der Waals surface area contributed by atoms with Crippen LogP contribution in [0.2, 0.25) is 0 Å². The highest BCUT2D eigenvalue weighted by molar-refractivity contribution is 5.78. The maximum absolute atomic E-state index is 12.0. The van der Waals surface area contributed by atoms with Crippen molar-refractivity contribution in [3.05, 3.63) is 0 Å². The smallest absolute Gasteiger partial charge is 0.225 e. The predicted molar refractivity (Wildman–Crippen MR) is 60.6 cm³/mol. The molecule has 1 rings (SSSR count). The summed E-state index contributed by atoms with van der Waals surface area (Å²) in [5.41, 5.74) is 0. The Balaban J connectivity index is 2.43. The number of carbonyl (C=O) groups is 1. The monoisotopic (exact) mass is 213 g/mol. The number of amides is 1. The summed E-state index contributed by atoms with van der Waals surface area (Å²) in [6.07, 6.45) is 2.03. The molecule has 1 heterocycles. The van der Waals surface area contributed by atoms with E-state index in [1.54, 1.807) is 0 Å². The van der Waals surface area contributed by atoms with Gasteiger partial charge in [-0.05, 0) is 19.8 Å². The molecule has 1 aliphatic rings. The SMILES string of the molecule is CCC(C)C(=O)N(CC)CC1CCOC1. The third-order valence-electron chi connectivity index (χ3n) is 3.23. The third kappa shape index (κ3) is 3.49. The highest BCUT2D eigenvalue weighted by atomic mass is 16.5. The fourth-order valence-corrected chi connectivity index (χ4v) is 1.90. The zero-order valence-electron chi connectivity index (χ0n) is 10.2. The van der Waals surface area contributed by atoms with Crippen LogP contribution in [-0.4, -0.2) is 37.1 Å². The van der Waals surface area contributed by atoms with Crippen LogP contribution >= 0.6 is 0 Å². The van der Waals surface area contributed by atoms with Gasteiger partial charge in [0.05, 0.1) is 6.61 Å². The largest absolute Gasteiger partial charge is 0.381 e. The van der Waals surface area contributed by atoms with Gasteiger partial charge in [0.1, 0.15) is 0 Å². The highest BCUT2D eigenvalue weighted by Crippen LogP contribution is 2.16. The molecule has 88 valence electrons. The Labute approximate surface area is 92.8 Å². The highest BCUT2D eigenvalue weighted by Gasteiger charge is 2.23. The minimum absolute atomic E-state index is 0.160. The van der Waals surface area contributed by atoms with Crippen molar-refractivity contribution in [3.63, 3.8) is 0 Å². The van der Waals surface area contributed by atoms with Gasteiger partial charge in [-0.25, -0.2) is 0 Å². The van der Waals surface area contributed by atoms with Crippen molar-refractivity contribution >= 4 is 5.91 Å². The van der Waals surface area contributed by atoms with Crippen LogP contribution in [0.3, 0.4) is 0 Å². The Morgan fingerprint density at radius 1 is 1.53 bits per heavy atom. The lowest BCUT2D eigenvalue weighted by molar-refractivity contribution is -0.135. The Bertz CT molecular complexity index is 200. The standard InChI is InChI=1S/C12H23NO2/c1-4-10(3)12(14)13(5-2)8-11-6-7-15-9-11/h10-11H,4-9H2,1-3H3. The molecule has 3 nitrogen and oxygen atoms in total. The van der Waals surface area contributed by atoms with E-state index in [1.807, 2.05) is 11.8 Å². The van der Waals surface area contributed by atoms with Gasteiger partial charge in [0.2, 0.25) is 5.91 Å². The van der Waals surface area contributed by atoms with Gasteiger partial charge in [0.15, 0.2) is 0 Å². The van der Waals surface area contributed by atoms with Gasteiger partial charge >= 0.3 is 0 Å². The molecule has 0 aromatic carbocycles. The molecule has 0 saturated carbocycles. The quantitative estimate of drug-likeness (QED) is 0.698. The predicted octanol–water partition coefficient (Wildman–Crippen LogP) is 1.92. The summed E-state index contributed by atoms with van der Waals surface area (Å²) in [7, 11) is 0. The first-order valence-corrected chi connectivity index (χ1v) is 6.05. The van der Waals surface area contributed by atoms with Crippen LogP contribution in [0.15, 0.2) is 0 Å². The first-order valence-electron chi connectivity index (χ1n) is 6.05. The molecule has 0 N–H and O–H groups in total. The van der Waals surface area contributed by atoms with Crippen molar-refractivity contribution in [2.75, 3.05) is 26.3 Å². The Morgan fingerprint density at radius 2 is 2.27 bits per heavy atom. The molecule has 1 saturated heterocycles. The Kier molecular flexibility index (Phi) is 5.09. The zero-order valence-corrected chi connectivity index (χ0v) is 10.2. The van der Waals surface area contributed by atoms with Crippen molar-refractivity contribution in [1.82, 2.24) is 4.90 Å². The fourth-order valence-electron chi connectivity index (χ4n) is 1.90. The van der Waals surface area contributed by atoms with Crippen LogP contribution in [0.25, 0.3) is 0 Å². The molecule has 1 aliphatic heterocycles. The lowest BCUT2D eigenvalue weighted by Gasteiger charge is -2.26. The molecule has 1 fully saturated rings. The van der Waals surface area contributed by atoms with E-state index in [-0.39, 0.29) is 5.92 Å². The van der Waals surface area contributed by atoms with E-state index in [0.717, 1.165) is 39.1 Å². The molecular formula is C12H23NO2. The van der Waals surface area contributed by atoms with Crippen molar-refractivity contribution in [1.29, 1.82) is 0 Å². The molecule has 2 atom stereocenters. The van der Waals surface area contributed by atoms with Crippen LogP contribution in [-0.2, 0) is 9.53 Å². The summed E-state index contributed by atoms with van der Waals surface area (Å²) in [6.45, 7) is 9.50. The number of nitrogens with zero attached hydrogens (tertiary/aromatic N) is 1. The third-order valence-corrected chi connectivity index (χ3v) is 3.23. The lowest BCUT2D eigenvalue weighted by Crippen LogP contribution is -2.38. The minimum Gasteiger partial charge on any atom is -0.381 e. The van der Waals surface area contributed by atoms with Gasteiger partial charge in [-0.2, -0.15) is 0 Å².